The lowest BCUT2D eigenvalue weighted by Gasteiger charge is -2.37. The van der Waals surface area contributed by atoms with E-state index in [9.17, 15) is 0 Å². The molecule has 2 aliphatic carbocycles. The first-order chi connectivity index (χ1) is 33.9. The van der Waals surface area contributed by atoms with Crippen molar-refractivity contribution in [2.75, 3.05) is 4.90 Å². The summed E-state index contributed by atoms with van der Waals surface area (Å²) in [6.45, 7) is 10.8. The van der Waals surface area contributed by atoms with E-state index in [1.165, 1.54) is 55.7 Å². The molecule has 1 atom stereocenters. The summed E-state index contributed by atoms with van der Waals surface area (Å²) in [4.78, 5) is 2.52. The van der Waals surface area contributed by atoms with E-state index in [0.29, 0.717) is 0 Å². The predicted molar refractivity (Wildman–Crippen MR) is 293 cm³/mol. The van der Waals surface area contributed by atoms with Gasteiger partial charge in [0.1, 0.15) is 11.2 Å². The van der Waals surface area contributed by atoms with Crippen molar-refractivity contribution in [3.05, 3.63) is 264 Å². The maximum Gasteiger partial charge on any atom is 0.137 e. The van der Waals surface area contributed by atoms with Crippen LogP contribution in [0.3, 0.4) is 0 Å². The Morgan fingerprint density at radius 1 is 0.478 bits per heavy atom. The molecule has 0 saturated carbocycles. The molecular formula is C67H57NO. The van der Waals surface area contributed by atoms with E-state index in [4.69, 9.17) is 4.42 Å². The van der Waals surface area contributed by atoms with Gasteiger partial charge in [0.05, 0.1) is 22.2 Å². The van der Waals surface area contributed by atoms with Crippen LogP contribution in [0.1, 0.15) is 75.3 Å². The lowest BCUT2D eigenvalue weighted by Crippen LogP contribution is -2.30. The predicted octanol–water partition coefficient (Wildman–Crippen LogP) is 18.8. The third-order valence-electron chi connectivity index (χ3n) is 14.2. The average molecular weight is 892 g/mol. The fourth-order valence-corrected chi connectivity index (χ4v) is 11.0. The van der Waals surface area contributed by atoms with Crippen LogP contribution in [0.2, 0.25) is 0 Å². The van der Waals surface area contributed by atoms with E-state index in [1.807, 2.05) is 13.8 Å². The van der Waals surface area contributed by atoms with Gasteiger partial charge >= 0.3 is 0 Å². The Morgan fingerprint density at radius 2 is 1.10 bits per heavy atom. The fraction of sp³-hybridized carbons (Fsp3) is 0.134. The van der Waals surface area contributed by atoms with Crippen LogP contribution in [-0.2, 0) is 10.8 Å². The summed E-state index contributed by atoms with van der Waals surface area (Å²) in [6.07, 6.45) is 6.98. The number of furan rings is 1. The quantitative estimate of drug-likeness (QED) is 0.151. The molecular weight excluding hydrogens is 835 g/mol. The maximum atomic E-state index is 6.66. The first kappa shape index (κ1) is 43.6. The maximum absolute atomic E-state index is 6.66. The number of para-hydroxylation sites is 1. The zero-order chi connectivity index (χ0) is 47.1. The van der Waals surface area contributed by atoms with Crippen molar-refractivity contribution in [1.29, 1.82) is 0 Å². The van der Waals surface area contributed by atoms with Crippen LogP contribution in [-0.4, -0.2) is 0 Å². The molecule has 0 amide bonds. The summed E-state index contributed by atoms with van der Waals surface area (Å²) in [5, 5.41) is 2.17. The summed E-state index contributed by atoms with van der Waals surface area (Å²) >= 11 is 0. The summed E-state index contributed by atoms with van der Waals surface area (Å²) < 4.78 is 6.66. The first-order valence-electron chi connectivity index (χ1n) is 24.6. The Morgan fingerprint density at radius 3 is 1.86 bits per heavy atom. The summed E-state index contributed by atoms with van der Waals surface area (Å²) in [5.41, 5.74) is 20.7. The highest BCUT2D eigenvalue weighted by molar-refractivity contribution is 6.14. The number of allylic oxidation sites excluding steroid dienone is 4. The van der Waals surface area contributed by atoms with Crippen LogP contribution >= 0.6 is 0 Å². The minimum atomic E-state index is -0.582. The van der Waals surface area contributed by atoms with E-state index >= 15 is 0 Å². The van der Waals surface area contributed by atoms with Crippen molar-refractivity contribution in [2.45, 2.75) is 58.3 Å². The molecule has 1 aromatic heterocycles. The molecule has 0 saturated heterocycles. The summed E-state index contributed by atoms with van der Waals surface area (Å²) in [5.74, 6) is 0. The SMILES string of the molecule is CC.CC(C)(C)c1ccc(-c2ccc(-c3ccccc3)cc2N(c2ccc3c(c2)C(C2=CCCC(c4ccccc4)=C2)(c2ccccc2)c2ccccc2-3)c2cccc3oc4ccccc4c23)cc1. The first-order valence-corrected chi connectivity index (χ1v) is 24.6. The molecule has 12 rings (SSSR count). The van der Waals surface area contributed by atoms with Gasteiger partial charge in [-0.3, -0.25) is 0 Å². The van der Waals surface area contributed by atoms with Gasteiger partial charge in [-0.1, -0.05) is 229 Å². The Bertz CT molecular complexity index is 3530. The minimum absolute atomic E-state index is 0.0284. The fourth-order valence-electron chi connectivity index (χ4n) is 11.0. The van der Waals surface area contributed by atoms with Gasteiger partial charge in [-0.25, -0.2) is 0 Å². The van der Waals surface area contributed by atoms with Crippen molar-refractivity contribution < 1.29 is 4.42 Å². The molecule has 0 N–H and O–H groups in total. The van der Waals surface area contributed by atoms with Crippen molar-refractivity contribution in [3.8, 4) is 33.4 Å². The van der Waals surface area contributed by atoms with E-state index in [1.54, 1.807) is 0 Å². The van der Waals surface area contributed by atoms with Gasteiger partial charge in [0.25, 0.3) is 0 Å². The van der Waals surface area contributed by atoms with E-state index in [0.717, 1.165) is 68.5 Å². The number of anilines is 3. The Balaban J connectivity index is 0.00000257. The molecule has 9 aromatic carbocycles. The van der Waals surface area contributed by atoms with Gasteiger partial charge in [-0.15, -0.1) is 0 Å². The van der Waals surface area contributed by atoms with Crippen molar-refractivity contribution in [3.63, 3.8) is 0 Å². The standard InChI is InChI=1S/C65H51NO.C2H6/c1-64(2,3)49-36-33-46(34-37-49)53-39-35-48(45-21-9-5-10-22-45)42-60(53)66(59-30-18-32-62-63(59)56-28-14-16-31-61(56)67-62)52-38-40-55-54-27-13-15-29-57(54)65(58(55)43-52,50-24-11-6-12-25-50)51-26-17-23-47(41-51)44-19-7-4-8-20-44;1-2/h4-16,18-22,24-43H,17,23H2,1-3H3;1-2H3. The topological polar surface area (TPSA) is 16.4 Å². The second kappa shape index (κ2) is 17.9. The van der Waals surface area contributed by atoms with Gasteiger partial charge in [0.2, 0.25) is 0 Å². The number of benzene rings is 9. The minimum Gasteiger partial charge on any atom is -0.456 e. The van der Waals surface area contributed by atoms with E-state index < -0.39 is 5.41 Å². The van der Waals surface area contributed by atoms with Crippen molar-refractivity contribution >= 4 is 44.6 Å². The molecule has 69 heavy (non-hydrogen) atoms. The summed E-state index contributed by atoms with van der Waals surface area (Å²) in [7, 11) is 0. The highest BCUT2D eigenvalue weighted by atomic mass is 16.3. The smallest absolute Gasteiger partial charge is 0.137 e. The van der Waals surface area contributed by atoms with Gasteiger partial charge in [-0.2, -0.15) is 0 Å². The number of fused-ring (bicyclic) bond motifs is 6. The van der Waals surface area contributed by atoms with Gasteiger partial charge < -0.3 is 9.32 Å². The third-order valence-corrected chi connectivity index (χ3v) is 14.2. The van der Waals surface area contributed by atoms with E-state index in [2.05, 4.69) is 256 Å². The van der Waals surface area contributed by atoms with Crippen LogP contribution in [0.25, 0.3) is 60.9 Å². The van der Waals surface area contributed by atoms with Crippen LogP contribution in [0.4, 0.5) is 17.1 Å². The van der Waals surface area contributed by atoms with E-state index in [-0.39, 0.29) is 5.41 Å². The van der Waals surface area contributed by atoms with Crippen LogP contribution in [0.5, 0.6) is 0 Å². The van der Waals surface area contributed by atoms with Gasteiger partial charge in [0.15, 0.2) is 0 Å². The summed E-state index contributed by atoms with van der Waals surface area (Å²) in [6, 6.07) is 80.5. The monoisotopic (exact) mass is 891 g/mol. The molecule has 0 fully saturated rings. The lowest BCUT2D eigenvalue weighted by molar-refractivity contribution is 0.590. The second-order valence-electron chi connectivity index (χ2n) is 19.1. The zero-order valence-electron chi connectivity index (χ0n) is 40.2. The number of nitrogens with zero attached hydrogens (tertiary/aromatic N) is 1. The Kier molecular flexibility index (Phi) is 11.3. The molecule has 0 aliphatic heterocycles. The molecule has 10 aromatic rings. The highest BCUT2D eigenvalue weighted by Crippen LogP contribution is 2.59. The Hall–Kier alpha value is -7.94. The molecule has 336 valence electrons. The molecule has 0 bridgehead atoms. The lowest BCUT2D eigenvalue weighted by atomic mass is 9.65. The molecule has 0 spiro atoms. The third kappa shape index (κ3) is 7.52. The second-order valence-corrected chi connectivity index (χ2v) is 19.1. The number of rotatable bonds is 8. The van der Waals surface area contributed by atoms with Crippen LogP contribution in [0, 0.1) is 0 Å². The zero-order valence-corrected chi connectivity index (χ0v) is 40.2. The van der Waals surface area contributed by atoms with Crippen LogP contribution < -0.4 is 4.90 Å². The number of hydrogen-bond donors (Lipinski definition) is 0. The molecule has 1 unspecified atom stereocenters. The largest absolute Gasteiger partial charge is 0.456 e. The molecule has 0 radical (unpaired) electrons. The molecule has 2 nitrogen and oxygen atoms in total. The Labute approximate surface area is 407 Å². The molecule has 1 heterocycles. The average Bonchev–Trinajstić information content (AvgIpc) is 3.94. The van der Waals surface area contributed by atoms with Gasteiger partial charge in [-0.05, 0) is 121 Å². The molecule has 2 heteroatoms. The number of hydrogen-bond acceptors (Lipinski definition) is 2. The highest BCUT2D eigenvalue weighted by Gasteiger charge is 2.47. The van der Waals surface area contributed by atoms with Gasteiger partial charge in [0, 0.05) is 16.6 Å². The molecule has 2 aliphatic rings. The van der Waals surface area contributed by atoms with Crippen LogP contribution in [0.15, 0.2) is 241 Å². The van der Waals surface area contributed by atoms with Crippen molar-refractivity contribution in [2.24, 2.45) is 0 Å². The van der Waals surface area contributed by atoms with Crippen molar-refractivity contribution in [1.82, 2.24) is 0 Å². The normalized spacial score (nSPS) is 15.1.